The van der Waals surface area contributed by atoms with Crippen LogP contribution in [-0.2, 0) is 15.8 Å². The van der Waals surface area contributed by atoms with E-state index in [1.165, 1.54) is 0 Å². The van der Waals surface area contributed by atoms with E-state index < -0.39 is 10.0 Å². The van der Waals surface area contributed by atoms with Gasteiger partial charge in [-0.25, -0.2) is 13.4 Å². The molecule has 0 spiro atoms. The van der Waals surface area contributed by atoms with Crippen molar-refractivity contribution < 1.29 is 12.9 Å². The van der Waals surface area contributed by atoms with Gasteiger partial charge in [0.05, 0.1) is 0 Å². The van der Waals surface area contributed by atoms with Gasteiger partial charge >= 0.3 is 0 Å². The van der Waals surface area contributed by atoms with E-state index in [1.54, 1.807) is 36.5 Å². The molecule has 0 unspecified atom stereocenters. The van der Waals surface area contributed by atoms with Crippen molar-refractivity contribution in [2.45, 2.75) is 12.7 Å². The van der Waals surface area contributed by atoms with Gasteiger partial charge in [0.1, 0.15) is 17.3 Å². The molecule has 0 amide bonds. The van der Waals surface area contributed by atoms with Crippen LogP contribution in [0.2, 0.25) is 0 Å². The van der Waals surface area contributed by atoms with Gasteiger partial charge in [0.15, 0.2) is 5.58 Å². The Labute approximate surface area is 121 Å². The first-order valence-electron chi connectivity index (χ1n) is 6.30. The molecule has 0 fully saturated rings. The van der Waals surface area contributed by atoms with Gasteiger partial charge in [-0.15, -0.1) is 0 Å². The van der Waals surface area contributed by atoms with Crippen LogP contribution in [0.25, 0.3) is 11.0 Å². The average molecular weight is 303 g/mol. The van der Waals surface area contributed by atoms with Crippen LogP contribution in [0.4, 0.5) is 5.82 Å². The first-order chi connectivity index (χ1) is 10.0. The molecule has 21 heavy (non-hydrogen) atoms. The molecule has 2 heterocycles. The van der Waals surface area contributed by atoms with E-state index in [-0.39, 0.29) is 11.6 Å². The van der Waals surface area contributed by atoms with Crippen molar-refractivity contribution >= 4 is 26.8 Å². The molecule has 3 rings (SSSR count). The molecule has 7 heteroatoms. The highest BCUT2D eigenvalue weighted by atomic mass is 32.2. The quantitative estimate of drug-likeness (QED) is 0.800. The van der Waals surface area contributed by atoms with E-state index in [0.29, 0.717) is 16.7 Å². The number of fused-ring (bicyclic) bond motifs is 1. The second-order valence-electron chi connectivity index (χ2n) is 4.71. The summed E-state index contributed by atoms with van der Waals surface area (Å²) < 4.78 is 31.9. The Bertz CT molecular complexity index is 870. The second-order valence-corrected chi connectivity index (χ2v) is 6.43. The van der Waals surface area contributed by atoms with Crippen molar-refractivity contribution in [3.63, 3.8) is 0 Å². The van der Waals surface area contributed by atoms with Crippen LogP contribution in [0.1, 0.15) is 11.3 Å². The van der Waals surface area contributed by atoms with Crippen molar-refractivity contribution in [2.24, 2.45) is 0 Å². The van der Waals surface area contributed by atoms with Crippen LogP contribution in [0.15, 0.2) is 47.1 Å². The number of rotatable bonds is 4. The zero-order chi connectivity index (χ0) is 14.9. The minimum absolute atomic E-state index is 0.264. The Kier molecular flexibility index (Phi) is 3.34. The van der Waals surface area contributed by atoms with Gasteiger partial charge in [0.2, 0.25) is 10.0 Å². The lowest BCUT2D eigenvalue weighted by atomic mass is 10.2. The molecule has 3 aromatic rings. The van der Waals surface area contributed by atoms with E-state index in [4.69, 9.17) is 4.52 Å². The first kappa shape index (κ1) is 13.6. The predicted molar refractivity (Wildman–Crippen MR) is 79.2 cm³/mol. The lowest BCUT2D eigenvalue weighted by Crippen LogP contribution is -2.16. The molecule has 0 aliphatic heterocycles. The Morgan fingerprint density at radius 2 is 2.00 bits per heavy atom. The molecule has 0 atom stereocenters. The van der Waals surface area contributed by atoms with Gasteiger partial charge in [0.25, 0.3) is 0 Å². The summed E-state index contributed by atoms with van der Waals surface area (Å²) in [7, 11) is -3.60. The van der Waals surface area contributed by atoms with E-state index in [1.807, 2.05) is 13.0 Å². The summed E-state index contributed by atoms with van der Waals surface area (Å²) in [5, 5.41) is 4.52. The maximum atomic E-state index is 12.2. The SMILES string of the molecule is Cc1ccc(NS(=O)(=O)Cc2noc3ccccc23)nc1. The van der Waals surface area contributed by atoms with Gasteiger partial charge in [-0.05, 0) is 30.7 Å². The standard InChI is InChI=1S/C14H13N3O3S/c1-10-6-7-14(15-8-10)17-21(18,19)9-12-11-4-2-3-5-13(11)20-16-12/h2-8H,9H2,1H3,(H,15,17). The van der Waals surface area contributed by atoms with Gasteiger partial charge in [-0.3, -0.25) is 4.72 Å². The number of benzene rings is 1. The normalized spacial score (nSPS) is 11.7. The average Bonchev–Trinajstić information content (AvgIpc) is 2.84. The van der Waals surface area contributed by atoms with Crippen LogP contribution >= 0.6 is 0 Å². The lowest BCUT2D eigenvalue weighted by Gasteiger charge is -2.05. The number of aryl methyl sites for hydroxylation is 1. The molecule has 6 nitrogen and oxygen atoms in total. The largest absolute Gasteiger partial charge is 0.356 e. The number of para-hydroxylation sites is 1. The molecule has 2 aromatic heterocycles. The predicted octanol–water partition coefficient (Wildman–Crippen LogP) is 2.47. The minimum Gasteiger partial charge on any atom is -0.356 e. The van der Waals surface area contributed by atoms with E-state index in [2.05, 4.69) is 14.9 Å². The molecule has 1 aromatic carbocycles. The third-order valence-corrected chi connectivity index (χ3v) is 4.12. The number of hydrogen-bond donors (Lipinski definition) is 1. The van der Waals surface area contributed by atoms with Crippen molar-refractivity contribution in [2.75, 3.05) is 4.72 Å². The number of nitrogens with zero attached hydrogens (tertiary/aromatic N) is 2. The fourth-order valence-corrected chi connectivity index (χ4v) is 3.03. The smallest absolute Gasteiger partial charge is 0.239 e. The van der Waals surface area contributed by atoms with Crippen molar-refractivity contribution in [3.8, 4) is 0 Å². The minimum atomic E-state index is -3.60. The van der Waals surface area contributed by atoms with E-state index in [0.717, 1.165) is 5.56 Å². The number of hydrogen-bond acceptors (Lipinski definition) is 5. The monoisotopic (exact) mass is 303 g/mol. The molecular weight excluding hydrogens is 290 g/mol. The Hall–Kier alpha value is -2.41. The fraction of sp³-hybridized carbons (Fsp3) is 0.143. The Morgan fingerprint density at radius 1 is 1.19 bits per heavy atom. The molecule has 0 radical (unpaired) electrons. The molecule has 108 valence electrons. The highest BCUT2D eigenvalue weighted by Gasteiger charge is 2.17. The Morgan fingerprint density at radius 3 is 2.76 bits per heavy atom. The summed E-state index contributed by atoms with van der Waals surface area (Å²) in [6.07, 6.45) is 1.60. The molecule has 0 bridgehead atoms. The molecule has 0 aliphatic rings. The fourth-order valence-electron chi connectivity index (χ4n) is 1.95. The molecule has 0 saturated heterocycles. The van der Waals surface area contributed by atoms with Gasteiger partial charge in [0, 0.05) is 11.6 Å². The van der Waals surface area contributed by atoms with Gasteiger partial charge < -0.3 is 4.52 Å². The third kappa shape index (κ3) is 3.03. The second kappa shape index (κ2) is 5.17. The highest BCUT2D eigenvalue weighted by Crippen LogP contribution is 2.20. The van der Waals surface area contributed by atoms with Crippen LogP contribution in [0, 0.1) is 6.92 Å². The number of aromatic nitrogens is 2. The summed E-state index contributed by atoms with van der Waals surface area (Å²) >= 11 is 0. The molecular formula is C14H13N3O3S. The maximum absolute atomic E-state index is 12.2. The summed E-state index contributed by atoms with van der Waals surface area (Å²) in [4.78, 5) is 4.02. The van der Waals surface area contributed by atoms with Crippen molar-refractivity contribution in [1.29, 1.82) is 0 Å². The molecule has 0 saturated carbocycles. The number of nitrogens with one attached hydrogen (secondary N) is 1. The van der Waals surface area contributed by atoms with Crippen LogP contribution in [-0.4, -0.2) is 18.6 Å². The summed E-state index contributed by atoms with van der Waals surface area (Å²) in [6.45, 7) is 1.88. The van der Waals surface area contributed by atoms with Gasteiger partial charge in [-0.2, -0.15) is 0 Å². The van der Waals surface area contributed by atoms with Crippen LogP contribution in [0.3, 0.4) is 0 Å². The zero-order valence-electron chi connectivity index (χ0n) is 11.3. The highest BCUT2D eigenvalue weighted by molar-refractivity contribution is 7.91. The van der Waals surface area contributed by atoms with Crippen molar-refractivity contribution in [3.05, 3.63) is 53.9 Å². The van der Waals surface area contributed by atoms with E-state index >= 15 is 0 Å². The number of sulfonamides is 1. The topological polar surface area (TPSA) is 85.1 Å². The van der Waals surface area contributed by atoms with Gasteiger partial charge in [-0.1, -0.05) is 23.4 Å². The number of anilines is 1. The lowest BCUT2D eigenvalue weighted by molar-refractivity contribution is 0.448. The Balaban J connectivity index is 1.84. The molecule has 0 aliphatic carbocycles. The summed E-state index contributed by atoms with van der Waals surface area (Å²) in [5.74, 6) is 0.0212. The third-order valence-electron chi connectivity index (χ3n) is 2.95. The summed E-state index contributed by atoms with van der Waals surface area (Å²) in [5.41, 5.74) is 1.90. The van der Waals surface area contributed by atoms with Crippen molar-refractivity contribution in [1.82, 2.24) is 10.1 Å². The maximum Gasteiger partial charge on any atom is 0.239 e. The molecule has 1 N–H and O–H groups in total. The van der Waals surface area contributed by atoms with Crippen LogP contribution in [0.5, 0.6) is 0 Å². The van der Waals surface area contributed by atoms with Crippen LogP contribution < -0.4 is 4.72 Å². The first-order valence-corrected chi connectivity index (χ1v) is 7.95. The number of pyridine rings is 1. The summed E-state index contributed by atoms with van der Waals surface area (Å²) in [6, 6.07) is 10.5. The van der Waals surface area contributed by atoms with E-state index in [9.17, 15) is 8.42 Å². The zero-order valence-corrected chi connectivity index (χ0v) is 12.1.